The molecule has 0 spiro atoms. The van der Waals surface area contributed by atoms with E-state index in [1.165, 1.54) is 0 Å². The number of likely N-dealkylation sites (N-methyl/N-ethyl adjacent to an activating group) is 1. The van der Waals surface area contributed by atoms with Crippen LogP contribution in [0.15, 0.2) is 30.3 Å². The molecule has 2 rings (SSSR count). The molecule has 1 aliphatic rings. The van der Waals surface area contributed by atoms with Gasteiger partial charge >= 0.3 is 0 Å². The number of carbonyl (C=O) groups excluding carboxylic acids is 1. The SMILES string of the molecule is CN(CC(O)COCc1ccccc1)C(=O)CC1CCCN1.Cl. The summed E-state index contributed by atoms with van der Waals surface area (Å²) in [6, 6.07) is 10.1. The number of nitrogens with one attached hydrogen (secondary N) is 1. The number of aliphatic hydroxyl groups is 1. The van der Waals surface area contributed by atoms with E-state index >= 15 is 0 Å². The highest BCUT2D eigenvalue weighted by atomic mass is 35.5. The van der Waals surface area contributed by atoms with Crippen LogP contribution in [0.3, 0.4) is 0 Å². The topological polar surface area (TPSA) is 61.8 Å². The van der Waals surface area contributed by atoms with E-state index in [9.17, 15) is 9.90 Å². The lowest BCUT2D eigenvalue weighted by Gasteiger charge is -2.22. The third-order valence-corrected chi connectivity index (χ3v) is 3.92. The molecular formula is C17H27ClN2O3. The quantitative estimate of drug-likeness (QED) is 0.753. The molecule has 1 aliphatic heterocycles. The third-order valence-electron chi connectivity index (χ3n) is 3.92. The minimum absolute atomic E-state index is 0. The highest BCUT2D eigenvalue weighted by Crippen LogP contribution is 2.10. The lowest BCUT2D eigenvalue weighted by atomic mass is 10.1. The molecule has 0 aromatic heterocycles. The minimum Gasteiger partial charge on any atom is -0.389 e. The summed E-state index contributed by atoms with van der Waals surface area (Å²) < 4.78 is 5.50. The largest absolute Gasteiger partial charge is 0.389 e. The molecule has 2 unspecified atom stereocenters. The summed E-state index contributed by atoms with van der Waals surface area (Å²) in [7, 11) is 1.73. The molecule has 1 saturated heterocycles. The van der Waals surface area contributed by atoms with Crippen LogP contribution in [0.2, 0.25) is 0 Å². The van der Waals surface area contributed by atoms with Crippen molar-refractivity contribution in [2.45, 2.75) is 38.0 Å². The van der Waals surface area contributed by atoms with Gasteiger partial charge in [-0.25, -0.2) is 0 Å². The second kappa shape index (κ2) is 10.6. The fraction of sp³-hybridized carbons (Fsp3) is 0.588. The van der Waals surface area contributed by atoms with Gasteiger partial charge in [-0.2, -0.15) is 0 Å². The van der Waals surface area contributed by atoms with Crippen molar-refractivity contribution in [3.05, 3.63) is 35.9 Å². The van der Waals surface area contributed by atoms with Gasteiger partial charge < -0.3 is 20.1 Å². The second-order valence-electron chi connectivity index (χ2n) is 5.93. The van der Waals surface area contributed by atoms with Gasteiger partial charge in [0.25, 0.3) is 0 Å². The molecule has 0 bridgehead atoms. The summed E-state index contributed by atoms with van der Waals surface area (Å²) in [5, 5.41) is 13.3. The van der Waals surface area contributed by atoms with Crippen LogP contribution in [0.1, 0.15) is 24.8 Å². The van der Waals surface area contributed by atoms with E-state index in [1.807, 2.05) is 30.3 Å². The second-order valence-corrected chi connectivity index (χ2v) is 5.93. The highest BCUT2D eigenvalue weighted by molar-refractivity contribution is 5.85. The van der Waals surface area contributed by atoms with Crippen LogP contribution in [0.5, 0.6) is 0 Å². The van der Waals surface area contributed by atoms with Crippen molar-refractivity contribution >= 4 is 18.3 Å². The highest BCUT2D eigenvalue weighted by Gasteiger charge is 2.21. The van der Waals surface area contributed by atoms with Crippen LogP contribution in [-0.2, 0) is 16.1 Å². The molecule has 2 N–H and O–H groups in total. The normalized spacial score (nSPS) is 18.3. The number of halogens is 1. The Balaban J connectivity index is 0.00000264. The van der Waals surface area contributed by atoms with Crippen LogP contribution in [0.4, 0.5) is 0 Å². The first-order valence-electron chi connectivity index (χ1n) is 7.92. The molecule has 0 aliphatic carbocycles. The van der Waals surface area contributed by atoms with Gasteiger partial charge in [0.05, 0.1) is 19.3 Å². The van der Waals surface area contributed by atoms with E-state index in [2.05, 4.69) is 5.32 Å². The Hall–Kier alpha value is -1.14. The number of amides is 1. The zero-order valence-corrected chi connectivity index (χ0v) is 14.4. The summed E-state index contributed by atoms with van der Waals surface area (Å²) in [4.78, 5) is 13.7. The average molecular weight is 343 g/mol. The summed E-state index contributed by atoms with van der Waals surface area (Å²) in [6.07, 6.45) is 2.04. The maximum Gasteiger partial charge on any atom is 0.223 e. The summed E-state index contributed by atoms with van der Waals surface area (Å²) in [5.74, 6) is 0.0708. The Morgan fingerprint density at radius 3 is 2.83 bits per heavy atom. The number of benzene rings is 1. The predicted octanol–water partition coefficient (Wildman–Crippen LogP) is 1.59. The van der Waals surface area contributed by atoms with Crippen molar-refractivity contribution in [3.63, 3.8) is 0 Å². The maximum atomic E-state index is 12.1. The molecule has 1 heterocycles. The first-order chi connectivity index (χ1) is 10.6. The molecule has 1 aromatic rings. The van der Waals surface area contributed by atoms with Gasteiger partial charge in [0.15, 0.2) is 0 Å². The molecule has 6 heteroatoms. The van der Waals surface area contributed by atoms with E-state index in [0.717, 1.165) is 24.9 Å². The lowest BCUT2D eigenvalue weighted by molar-refractivity contribution is -0.132. The smallest absolute Gasteiger partial charge is 0.223 e. The number of carbonyl (C=O) groups is 1. The number of hydrogen-bond donors (Lipinski definition) is 2. The average Bonchev–Trinajstić information content (AvgIpc) is 3.01. The Labute approximate surface area is 144 Å². The summed E-state index contributed by atoms with van der Waals surface area (Å²) >= 11 is 0. The number of hydrogen-bond acceptors (Lipinski definition) is 4. The van der Waals surface area contributed by atoms with Gasteiger partial charge in [-0.1, -0.05) is 30.3 Å². The molecule has 1 amide bonds. The first kappa shape index (κ1) is 19.9. The maximum absolute atomic E-state index is 12.1. The Morgan fingerprint density at radius 1 is 1.43 bits per heavy atom. The molecule has 23 heavy (non-hydrogen) atoms. The van der Waals surface area contributed by atoms with Crippen molar-refractivity contribution in [1.82, 2.24) is 10.2 Å². The van der Waals surface area contributed by atoms with Gasteiger partial charge in [-0.05, 0) is 24.9 Å². The van der Waals surface area contributed by atoms with Gasteiger partial charge in [0.2, 0.25) is 5.91 Å². The van der Waals surface area contributed by atoms with Crippen LogP contribution >= 0.6 is 12.4 Å². The predicted molar refractivity (Wildman–Crippen MR) is 92.6 cm³/mol. The van der Waals surface area contributed by atoms with Crippen molar-refractivity contribution in [2.75, 3.05) is 26.7 Å². The fourth-order valence-corrected chi connectivity index (χ4v) is 2.66. The molecule has 5 nitrogen and oxygen atoms in total. The Bertz CT molecular complexity index is 452. The van der Waals surface area contributed by atoms with Crippen molar-refractivity contribution in [1.29, 1.82) is 0 Å². The van der Waals surface area contributed by atoms with Crippen molar-refractivity contribution in [2.24, 2.45) is 0 Å². The molecule has 1 aromatic carbocycles. The molecular weight excluding hydrogens is 316 g/mol. The van der Waals surface area contributed by atoms with Crippen LogP contribution < -0.4 is 5.32 Å². The van der Waals surface area contributed by atoms with Gasteiger partial charge in [0, 0.05) is 26.1 Å². The number of ether oxygens (including phenoxy) is 1. The molecule has 0 radical (unpaired) electrons. The number of nitrogens with zero attached hydrogens (tertiary/aromatic N) is 1. The Morgan fingerprint density at radius 2 is 2.17 bits per heavy atom. The van der Waals surface area contributed by atoms with Crippen LogP contribution in [-0.4, -0.2) is 54.8 Å². The zero-order valence-electron chi connectivity index (χ0n) is 13.6. The van der Waals surface area contributed by atoms with Crippen LogP contribution in [0.25, 0.3) is 0 Å². The first-order valence-corrected chi connectivity index (χ1v) is 7.92. The van der Waals surface area contributed by atoms with E-state index in [4.69, 9.17) is 4.74 Å². The minimum atomic E-state index is -0.658. The molecule has 130 valence electrons. The van der Waals surface area contributed by atoms with E-state index in [1.54, 1.807) is 11.9 Å². The zero-order chi connectivity index (χ0) is 15.8. The number of rotatable bonds is 8. The van der Waals surface area contributed by atoms with Gasteiger partial charge in [-0.3, -0.25) is 4.79 Å². The number of aliphatic hydroxyl groups excluding tert-OH is 1. The molecule has 0 saturated carbocycles. The molecule has 1 fully saturated rings. The van der Waals surface area contributed by atoms with Gasteiger partial charge in [-0.15, -0.1) is 12.4 Å². The third kappa shape index (κ3) is 7.31. The van der Waals surface area contributed by atoms with Crippen molar-refractivity contribution in [3.8, 4) is 0 Å². The molecule has 2 atom stereocenters. The Kier molecular flexibility index (Phi) is 9.17. The van der Waals surface area contributed by atoms with E-state index in [0.29, 0.717) is 25.6 Å². The van der Waals surface area contributed by atoms with Gasteiger partial charge in [0.1, 0.15) is 0 Å². The monoisotopic (exact) mass is 342 g/mol. The van der Waals surface area contributed by atoms with Crippen LogP contribution in [0, 0.1) is 0 Å². The summed E-state index contributed by atoms with van der Waals surface area (Å²) in [6.45, 7) is 2.01. The lowest BCUT2D eigenvalue weighted by Crippen LogP contribution is -2.39. The standard InChI is InChI=1S/C17H26N2O3.ClH/c1-19(17(21)10-15-8-5-9-18-15)11-16(20)13-22-12-14-6-3-2-4-7-14;/h2-4,6-7,15-16,18,20H,5,8-13H2,1H3;1H. The summed E-state index contributed by atoms with van der Waals surface area (Å²) in [5.41, 5.74) is 1.08. The van der Waals surface area contributed by atoms with E-state index in [-0.39, 0.29) is 24.9 Å². The van der Waals surface area contributed by atoms with Crippen molar-refractivity contribution < 1.29 is 14.6 Å². The fourth-order valence-electron chi connectivity index (χ4n) is 2.66. The van der Waals surface area contributed by atoms with E-state index < -0.39 is 6.10 Å².